The van der Waals surface area contributed by atoms with Gasteiger partial charge in [-0.25, -0.2) is 0 Å². The zero-order valence-corrected chi connectivity index (χ0v) is 8.97. The standard InChI is InChI=1S/C12H24/c1-4-6-11(7-5-2)12-9-8-10(12)3/h10-12H,4-9H2,1-3H3. The Hall–Kier alpha value is 0. The maximum absolute atomic E-state index is 2.44. The van der Waals surface area contributed by atoms with Crippen LogP contribution in [-0.4, -0.2) is 0 Å². The second-order valence-corrected chi connectivity index (χ2v) is 4.56. The Morgan fingerprint density at radius 2 is 1.67 bits per heavy atom. The molecule has 0 amide bonds. The zero-order valence-electron chi connectivity index (χ0n) is 8.97. The van der Waals surface area contributed by atoms with Crippen molar-refractivity contribution in [2.24, 2.45) is 17.8 Å². The third kappa shape index (κ3) is 2.24. The first kappa shape index (κ1) is 10.1. The smallest absolute Gasteiger partial charge is 0.0360 e. The van der Waals surface area contributed by atoms with Crippen LogP contribution in [0.15, 0.2) is 0 Å². The van der Waals surface area contributed by atoms with Crippen LogP contribution >= 0.6 is 0 Å². The van der Waals surface area contributed by atoms with E-state index in [-0.39, 0.29) is 0 Å². The van der Waals surface area contributed by atoms with Crippen LogP contribution in [0.5, 0.6) is 0 Å². The van der Waals surface area contributed by atoms with Crippen molar-refractivity contribution in [3.63, 3.8) is 0 Å². The lowest BCUT2D eigenvalue weighted by molar-refractivity contribution is 0.105. The van der Waals surface area contributed by atoms with Crippen molar-refractivity contribution in [2.75, 3.05) is 0 Å². The van der Waals surface area contributed by atoms with E-state index in [9.17, 15) is 0 Å². The van der Waals surface area contributed by atoms with Gasteiger partial charge in [-0.1, -0.05) is 52.9 Å². The Kier molecular flexibility index (Phi) is 4.11. The summed E-state index contributed by atoms with van der Waals surface area (Å²) in [7, 11) is 0. The fraction of sp³-hybridized carbons (Fsp3) is 1.00. The van der Waals surface area contributed by atoms with Crippen molar-refractivity contribution in [3.05, 3.63) is 0 Å². The molecule has 1 saturated carbocycles. The molecule has 1 aliphatic carbocycles. The van der Waals surface area contributed by atoms with Gasteiger partial charge in [0.2, 0.25) is 0 Å². The van der Waals surface area contributed by atoms with Gasteiger partial charge in [-0.15, -0.1) is 0 Å². The highest BCUT2D eigenvalue weighted by Crippen LogP contribution is 2.42. The molecule has 12 heavy (non-hydrogen) atoms. The lowest BCUT2D eigenvalue weighted by Gasteiger charge is -2.40. The molecule has 2 atom stereocenters. The first-order chi connectivity index (χ1) is 5.79. The molecule has 0 aromatic rings. The molecule has 1 fully saturated rings. The number of hydrogen-bond donors (Lipinski definition) is 0. The third-order valence-electron chi connectivity index (χ3n) is 3.61. The summed E-state index contributed by atoms with van der Waals surface area (Å²) in [4.78, 5) is 0. The van der Waals surface area contributed by atoms with Gasteiger partial charge < -0.3 is 0 Å². The Morgan fingerprint density at radius 1 is 1.08 bits per heavy atom. The summed E-state index contributed by atoms with van der Waals surface area (Å²) < 4.78 is 0. The van der Waals surface area contributed by atoms with E-state index in [1.807, 2.05) is 0 Å². The van der Waals surface area contributed by atoms with Crippen molar-refractivity contribution in [3.8, 4) is 0 Å². The quantitative estimate of drug-likeness (QED) is 0.575. The van der Waals surface area contributed by atoms with E-state index in [1.165, 1.54) is 38.5 Å². The maximum atomic E-state index is 2.44. The van der Waals surface area contributed by atoms with Gasteiger partial charge in [0.15, 0.2) is 0 Å². The molecule has 0 heterocycles. The van der Waals surface area contributed by atoms with E-state index >= 15 is 0 Å². The van der Waals surface area contributed by atoms with Crippen LogP contribution in [-0.2, 0) is 0 Å². The van der Waals surface area contributed by atoms with E-state index in [2.05, 4.69) is 20.8 Å². The van der Waals surface area contributed by atoms with Gasteiger partial charge in [0.05, 0.1) is 0 Å². The molecule has 1 aliphatic rings. The average Bonchev–Trinajstić information content (AvgIpc) is 2.03. The molecular weight excluding hydrogens is 144 g/mol. The molecule has 0 saturated heterocycles. The normalized spacial score (nSPS) is 29.0. The van der Waals surface area contributed by atoms with Gasteiger partial charge in [0.1, 0.15) is 0 Å². The summed E-state index contributed by atoms with van der Waals surface area (Å²) in [5, 5.41) is 0. The molecule has 0 aromatic carbocycles. The molecule has 2 unspecified atom stereocenters. The van der Waals surface area contributed by atoms with Crippen molar-refractivity contribution in [2.45, 2.75) is 59.3 Å². The fourth-order valence-corrected chi connectivity index (χ4v) is 2.71. The zero-order chi connectivity index (χ0) is 8.97. The van der Waals surface area contributed by atoms with E-state index in [0.717, 1.165) is 17.8 Å². The highest BCUT2D eigenvalue weighted by molar-refractivity contribution is 4.82. The van der Waals surface area contributed by atoms with E-state index in [1.54, 1.807) is 0 Å². The van der Waals surface area contributed by atoms with Crippen molar-refractivity contribution < 1.29 is 0 Å². The molecule has 0 aromatic heterocycles. The summed E-state index contributed by atoms with van der Waals surface area (Å²) in [6, 6.07) is 0. The fourth-order valence-electron chi connectivity index (χ4n) is 2.71. The van der Waals surface area contributed by atoms with Crippen LogP contribution in [0.25, 0.3) is 0 Å². The third-order valence-corrected chi connectivity index (χ3v) is 3.61. The predicted molar refractivity (Wildman–Crippen MR) is 55.2 cm³/mol. The minimum atomic E-state index is 1.04. The Balaban J connectivity index is 2.30. The Labute approximate surface area is 77.7 Å². The minimum Gasteiger partial charge on any atom is -0.0654 e. The van der Waals surface area contributed by atoms with Gasteiger partial charge in [0, 0.05) is 0 Å². The summed E-state index contributed by atoms with van der Waals surface area (Å²) in [6.45, 7) is 7.09. The molecule has 0 spiro atoms. The second-order valence-electron chi connectivity index (χ2n) is 4.56. The number of rotatable bonds is 5. The Bertz CT molecular complexity index is 111. The van der Waals surface area contributed by atoms with Crippen molar-refractivity contribution in [1.29, 1.82) is 0 Å². The van der Waals surface area contributed by atoms with Gasteiger partial charge in [0.25, 0.3) is 0 Å². The first-order valence-corrected chi connectivity index (χ1v) is 5.79. The van der Waals surface area contributed by atoms with Crippen LogP contribution in [0.4, 0.5) is 0 Å². The molecular formula is C12H24. The predicted octanol–water partition coefficient (Wildman–Crippen LogP) is 4.25. The topological polar surface area (TPSA) is 0 Å². The summed E-state index contributed by atoms with van der Waals surface area (Å²) in [5.41, 5.74) is 0. The van der Waals surface area contributed by atoms with Gasteiger partial charge >= 0.3 is 0 Å². The first-order valence-electron chi connectivity index (χ1n) is 5.79. The van der Waals surface area contributed by atoms with Gasteiger partial charge in [-0.3, -0.25) is 0 Å². The lowest BCUT2D eigenvalue weighted by Crippen LogP contribution is -2.30. The van der Waals surface area contributed by atoms with E-state index < -0.39 is 0 Å². The van der Waals surface area contributed by atoms with E-state index in [4.69, 9.17) is 0 Å². The van der Waals surface area contributed by atoms with Crippen LogP contribution in [0.2, 0.25) is 0 Å². The van der Waals surface area contributed by atoms with Crippen LogP contribution in [0.3, 0.4) is 0 Å². The van der Waals surface area contributed by atoms with Gasteiger partial charge in [-0.2, -0.15) is 0 Å². The second kappa shape index (κ2) is 4.89. The number of hydrogen-bond acceptors (Lipinski definition) is 0. The molecule has 0 N–H and O–H groups in total. The Morgan fingerprint density at radius 3 is 1.92 bits per heavy atom. The monoisotopic (exact) mass is 168 g/mol. The average molecular weight is 168 g/mol. The highest BCUT2D eigenvalue weighted by Gasteiger charge is 2.32. The SMILES string of the molecule is CCCC(CCC)C1CCC1C. The lowest BCUT2D eigenvalue weighted by atomic mass is 9.66. The van der Waals surface area contributed by atoms with Gasteiger partial charge in [-0.05, 0) is 24.2 Å². The maximum Gasteiger partial charge on any atom is -0.0360 e. The summed E-state index contributed by atoms with van der Waals surface area (Å²) in [5.74, 6) is 3.18. The molecule has 0 radical (unpaired) electrons. The van der Waals surface area contributed by atoms with Crippen LogP contribution in [0, 0.1) is 17.8 Å². The molecule has 0 heteroatoms. The van der Waals surface area contributed by atoms with Crippen LogP contribution < -0.4 is 0 Å². The van der Waals surface area contributed by atoms with Crippen molar-refractivity contribution >= 4 is 0 Å². The molecule has 0 nitrogen and oxygen atoms in total. The molecule has 72 valence electrons. The largest absolute Gasteiger partial charge is 0.0654 e. The molecule has 0 aliphatic heterocycles. The minimum absolute atomic E-state index is 1.04. The summed E-state index contributed by atoms with van der Waals surface area (Å²) in [6.07, 6.45) is 8.73. The van der Waals surface area contributed by atoms with E-state index in [0.29, 0.717) is 0 Å². The van der Waals surface area contributed by atoms with Crippen LogP contribution in [0.1, 0.15) is 59.3 Å². The molecule has 1 rings (SSSR count). The summed E-state index contributed by atoms with van der Waals surface area (Å²) >= 11 is 0. The molecule has 0 bridgehead atoms. The van der Waals surface area contributed by atoms with Crippen molar-refractivity contribution in [1.82, 2.24) is 0 Å². The highest BCUT2D eigenvalue weighted by atomic mass is 14.4.